The molecule has 1 heterocycles. The molecule has 0 unspecified atom stereocenters. The van der Waals surface area contributed by atoms with E-state index in [4.69, 9.17) is 4.74 Å². The Bertz CT molecular complexity index is 1190. The molecular formula is C27H29N3O2. The maximum Gasteiger partial charge on any atom is 0.262 e. The second-order valence-electron chi connectivity index (χ2n) is 9.34. The van der Waals surface area contributed by atoms with Crippen LogP contribution in [0.25, 0.3) is 17.0 Å². The number of nitrogens with zero attached hydrogens (tertiary/aromatic N) is 2. The normalized spacial score (nSPS) is 14.2. The van der Waals surface area contributed by atoms with Gasteiger partial charge in [-0.2, -0.15) is 5.26 Å². The highest BCUT2D eigenvalue weighted by Crippen LogP contribution is 2.26. The molecule has 0 saturated heterocycles. The Kier molecular flexibility index (Phi) is 6.05. The van der Waals surface area contributed by atoms with E-state index in [1.165, 1.54) is 5.56 Å². The van der Waals surface area contributed by atoms with Crippen LogP contribution in [0.3, 0.4) is 0 Å². The number of amides is 1. The Morgan fingerprint density at radius 3 is 2.56 bits per heavy atom. The molecule has 5 nitrogen and oxygen atoms in total. The standard InChI is InChI=1S/C27H29N3O2/c1-27(2,3)21-8-12-23(13-9-21)32-15-14-30-18-20(24-6-4-5-7-25(24)30)16-19(17-28)26(31)29-22-10-11-22/h4-9,12-13,16,18,22H,10-11,14-15H2,1-3H3,(H,29,31)/b19-16+. The molecule has 1 fully saturated rings. The zero-order valence-corrected chi connectivity index (χ0v) is 18.9. The van der Waals surface area contributed by atoms with Gasteiger partial charge >= 0.3 is 0 Å². The van der Waals surface area contributed by atoms with Crippen molar-refractivity contribution >= 4 is 22.9 Å². The first-order chi connectivity index (χ1) is 15.3. The van der Waals surface area contributed by atoms with E-state index in [1.807, 2.05) is 42.6 Å². The van der Waals surface area contributed by atoms with Crippen molar-refractivity contribution in [1.29, 1.82) is 5.26 Å². The van der Waals surface area contributed by atoms with Crippen molar-refractivity contribution in [2.45, 2.75) is 51.6 Å². The van der Waals surface area contributed by atoms with Crippen LogP contribution in [0.1, 0.15) is 44.7 Å². The van der Waals surface area contributed by atoms with Crippen LogP contribution in [0.15, 0.2) is 60.3 Å². The van der Waals surface area contributed by atoms with Gasteiger partial charge in [-0.3, -0.25) is 4.79 Å². The number of nitriles is 1. The summed E-state index contributed by atoms with van der Waals surface area (Å²) < 4.78 is 8.08. The van der Waals surface area contributed by atoms with Crippen molar-refractivity contribution in [3.63, 3.8) is 0 Å². The van der Waals surface area contributed by atoms with Crippen molar-refractivity contribution < 1.29 is 9.53 Å². The van der Waals surface area contributed by atoms with Crippen molar-refractivity contribution in [2.24, 2.45) is 0 Å². The molecule has 0 bridgehead atoms. The summed E-state index contributed by atoms with van der Waals surface area (Å²) in [6.07, 6.45) is 5.65. The van der Waals surface area contributed by atoms with Crippen molar-refractivity contribution in [3.8, 4) is 11.8 Å². The third kappa shape index (κ3) is 5.03. The fraction of sp³-hybridized carbons (Fsp3) is 0.333. The lowest BCUT2D eigenvalue weighted by molar-refractivity contribution is -0.117. The molecule has 164 valence electrons. The molecule has 0 spiro atoms. The van der Waals surface area contributed by atoms with E-state index in [1.54, 1.807) is 6.08 Å². The summed E-state index contributed by atoms with van der Waals surface area (Å²) in [5.74, 6) is 0.548. The van der Waals surface area contributed by atoms with Crippen LogP contribution >= 0.6 is 0 Å². The van der Waals surface area contributed by atoms with Gasteiger partial charge in [-0.1, -0.05) is 51.1 Å². The first-order valence-electron chi connectivity index (χ1n) is 11.1. The summed E-state index contributed by atoms with van der Waals surface area (Å²) >= 11 is 0. The number of aromatic nitrogens is 1. The number of benzene rings is 2. The number of carbonyl (C=O) groups excluding carboxylic acids is 1. The van der Waals surface area contributed by atoms with E-state index >= 15 is 0 Å². The predicted octanol–water partition coefficient (Wildman–Crippen LogP) is 5.20. The lowest BCUT2D eigenvalue weighted by atomic mass is 9.87. The highest BCUT2D eigenvalue weighted by atomic mass is 16.5. The zero-order valence-electron chi connectivity index (χ0n) is 18.9. The number of carbonyl (C=O) groups is 1. The Hall–Kier alpha value is -3.52. The third-order valence-corrected chi connectivity index (χ3v) is 5.72. The largest absolute Gasteiger partial charge is 0.492 e. The van der Waals surface area contributed by atoms with E-state index in [0.29, 0.717) is 13.2 Å². The molecule has 0 aliphatic heterocycles. The third-order valence-electron chi connectivity index (χ3n) is 5.72. The van der Waals surface area contributed by atoms with Gasteiger partial charge in [-0.15, -0.1) is 0 Å². The lowest BCUT2D eigenvalue weighted by Gasteiger charge is -2.19. The van der Waals surface area contributed by atoms with Crippen LogP contribution in [0.2, 0.25) is 0 Å². The summed E-state index contributed by atoms with van der Waals surface area (Å²) in [5.41, 5.74) is 3.43. The molecule has 32 heavy (non-hydrogen) atoms. The maximum atomic E-state index is 12.4. The summed E-state index contributed by atoms with van der Waals surface area (Å²) in [6, 6.07) is 18.5. The minimum absolute atomic E-state index is 0.115. The molecule has 0 radical (unpaired) electrons. The van der Waals surface area contributed by atoms with Crippen LogP contribution in [0.5, 0.6) is 5.75 Å². The molecule has 1 aromatic heterocycles. The van der Waals surface area contributed by atoms with Crippen molar-refractivity contribution in [2.75, 3.05) is 6.61 Å². The lowest BCUT2D eigenvalue weighted by Crippen LogP contribution is -2.26. The van der Waals surface area contributed by atoms with Gasteiger partial charge in [-0.05, 0) is 48.1 Å². The molecule has 1 saturated carbocycles. The van der Waals surface area contributed by atoms with Crippen LogP contribution in [-0.2, 0) is 16.8 Å². The molecule has 2 aromatic carbocycles. The van der Waals surface area contributed by atoms with Gasteiger partial charge in [0.1, 0.15) is 24.0 Å². The quantitative estimate of drug-likeness (QED) is 0.416. The summed E-state index contributed by atoms with van der Waals surface area (Å²) in [4.78, 5) is 12.4. The van der Waals surface area contributed by atoms with Gasteiger partial charge in [0.2, 0.25) is 0 Å². The van der Waals surface area contributed by atoms with Crippen LogP contribution in [0.4, 0.5) is 0 Å². The minimum Gasteiger partial charge on any atom is -0.492 e. The fourth-order valence-electron chi connectivity index (χ4n) is 3.68. The van der Waals surface area contributed by atoms with Gasteiger partial charge in [0.05, 0.1) is 6.54 Å². The van der Waals surface area contributed by atoms with Crippen molar-refractivity contribution in [1.82, 2.24) is 9.88 Å². The zero-order chi connectivity index (χ0) is 22.7. The Balaban J connectivity index is 1.49. The highest BCUT2D eigenvalue weighted by Gasteiger charge is 2.25. The van der Waals surface area contributed by atoms with Crippen LogP contribution in [0, 0.1) is 11.3 Å². The summed E-state index contributed by atoms with van der Waals surface area (Å²) in [7, 11) is 0. The van der Waals surface area contributed by atoms with E-state index in [0.717, 1.165) is 35.1 Å². The highest BCUT2D eigenvalue weighted by molar-refractivity contribution is 6.04. The number of nitrogens with one attached hydrogen (secondary N) is 1. The smallest absolute Gasteiger partial charge is 0.262 e. The number of fused-ring (bicyclic) bond motifs is 1. The minimum atomic E-state index is -0.297. The first kappa shape index (κ1) is 21.7. The van der Waals surface area contributed by atoms with Gasteiger partial charge < -0.3 is 14.6 Å². The number of ether oxygens (including phenoxy) is 1. The molecule has 1 N–H and O–H groups in total. The Labute approximate surface area is 189 Å². The molecular weight excluding hydrogens is 398 g/mol. The monoisotopic (exact) mass is 427 g/mol. The maximum absolute atomic E-state index is 12.4. The van der Waals surface area contributed by atoms with Gasteiger partial charge in [0, 0.05) is 28.7 Å². The Morgan fingerprint density at radius 1 is 1.19 bits per heavy atom. The van der Waals surface area contributed by atoms with Gasteiger partial charge in [0.25, 0.3) is 5.91 Å². The number of para-hydroxylation sites is 1. The molecule has 0 atom stereocenters. The molecule has 1 aliphatic carbocycles. The van der Waals surface area contributed by atoms with E-state index in [-0.39, 0.29) is 22.9 Å². The SMILES string of the molecule is CC(C)(C)c1ccc(OCCn2cc(/C=C(\C#N)C(=O)NC3CC3)c3ccccc32)cc1. The topological polar surface area (TPSA) is 67.0 Å². The van der Waals surface area contributed by atoms with Crippen LogP contribution in [-0.4, -0.2) is 23.1 Å². The van der Waals surface area contributed by atoms with E-state index in [2.05, 4.69) is 48.9 Å². The second-order valence-corrected chi connectivity index (χ2v) is 9.34. The number of hydrogen-bond donors (Lipinski definition) is 1. The Morgan fingerprint density at radius 2 is 1.91 bits per heavy atom. The molecule has 3 aromatic rings. The fourth-order valence-corrected chi connectivity index (χ4v) is 3.68. The summed E-state index contributed by atoms with van der Waals surface area (Å²) in [6.45, 7) is 7.76. The van der Waals surface area contributed by atoms with E-state index < -0.39 is 0 Å². The molecule has 1 amide bonds. The van der Waals surface area contributed by atoms with Crippen LogP contribution < -0.4 is 10.1 Å². The van der Waals surface area contributed by atoms with E-state index in [9.17, 15) is 10.1 Å². The van der Waals surface area contributed by atoms with Gasteiger partial charge in [0.15, 0.2) is 0 Å². The average Bonchev–Trinajstić information content (AvgIpc) is 3.52. The first-order valence-corrected chi connectivity index (χ1v) is 11.1. The molecule has 5 heteroatoms. The number of rotatable bonds is 7. The number of hydrogen-bond acceptors (Lipinski definition) is 3. The summed E-state index contributed by atoms with van der Waals surface area (Å²) in [5, 5.41) is 13.4. The molecule has 4 rings (SSSR count). The second kappa shape index (κ2) is 8.92. The predicted molar refractivity (Wildman–Crippen MR) is 127 cm³/mol. The van der Waals surface area contributed by atoms with Gasteiger partial charge in [-0.25, -0.2) is 0 Å². The van der Waals surface area contributed by atoms with Crippen molar-refractivity contribution in [3.05, 3.63) is 71.4 Å². The average molecular weight is 428 g/mol. The molecule has 1 aliphatic rings.